The number of fused-ring (bicyclic) bond motifs is 1. The summed E-state index contributed by atoms with van der Waals surface area (Å²) in [5, 5.41) is 6.95. The van der Waals surface area contributed by atoms with Crippen LogP contribution in [0.5, 0.6) is 11.5 Å². The molecule has 0 heterocycles. The van der Waals surface area contributed by atoms with Crippen LogP contribution in [0.15, 0.2) is 77.3 Å². The second-order valence-electron chi connectivity index (χ2n) is 7.01. The van der Waals surface area contributed by atoms with Crippen molar-refractivity contribution in [3.63, 3.8) is 0 Å². The van der Waals surface area contributed by atoms with E-state index in [0.29, 0.717) is 34.7 Å². The molecule has 158 valence electrons. The Morgan fingerprint density at radius 2 is 1.68 bits per heavy atom. The molecule has 4 rings (SSSR count). The van der Waals surface area contributed by atoms with Gasteiger partial charge in [0, 0.05) is 22.1 Å². The molecule has 3 nitrogen and oxygen atoms in total. The van der Waals surface area contributed by atoms with E-state index in [1.807, 2.05) is 30.3 Å². The highest BCUT2D eigenvalue weighted by Crippen LogP contribution is 2.35. The quantitative estimate of drug-likeness (QED) is 0.269. The predicted molar refractivity (Wildman–Crippen MR) is 133 cm³/mol. The van der Waals surface area contributed by atoms with Gasteiger partial charge in [0.1, 0.15) is 6.61 Å². The van der Waals surface area contributed by atoms with E-state index < -0.39 is 0 Å². The fourth-order valence-corrected chi connectivity index (χ4v) is 4.13. The SMILES string of the molecule is COc1cc(CNc2cccc3ccccc23)c(Br)cc1OCc1ccc(Cl)c(Cl)c1. The number of methoxy groups -OCH3 is 1. The molecule has 0 aliphatic heterocycles. The van der Waals surface area contributed by atoms with Gasteiger partial charge in [-0.3, -0.25) is 0 Å². The van der Waals surface area contributed by atoms with Crippen LogP contribution in [-0.2, 0) is 13.2 Å². The van der Waals surface area contributed by atoms with Crippen molar-refractivity contribution in [3.8, 4) is 11.5 Å². The maximum atomic E-state index is 6.10. The molecular weight excluding hydrogens is 497 g/mol. The molecule has 0 saturated carbocycles. The molecule has 1 N–H and O–H groups in total. The second-order valence-corrected chi connectivity index (χ2v) is 8.68. The van der Waals surface area contributed by atoms with Gasteiger partial charge in [0.15, 0.2) is 11.5 Å². The third-order valence-corrected chi connectivity index (χ3v) is 6.45. The molecule has 0 bridgehead atoms. The van der Waals surface area contributed by atoms with E-state index >= 15 is 0 Å². The first-order valence-corrected chi connectivity index (χ1v) is 11.2. The van der Waals surface area contributed by atoms with Gasteiger partial charge < -0.3 is 14.8 Å². The standard InChI is InChI=1S/C25H20BrCl2NO2/c1-30-24-12-18(14-29-23-8-4-6-17-5-2-3-7-19(17)23)20(26)13-25(24)31-15-16-9-10-21(27)22(28)11-16/h2-13,29H,14-15H2,1H3. The Labute approximate surface area is 200 Å². The highest BCUT2D eigenvalue weighted by atomic mass is 79.9. The Bertz CT molecular complexity index is 1220. The minimum atomic E-state index is 0.354. The van der Waals surface area contributed by atoms with Crippen LogP contribution in [-0.4, -0.2) is 7.11 Å². The van der Waals surface area contributed by atoms with E-state index in [1.54, 1.807) is 19.2 Å². The number of hydrogen-bond acceptors (Lipinski definition) is 3. The van der Waals surface area contributed by atoms with Gasteiger partial charge in [-0.15, -0.1) is 0 Å². The maximum absolute atomic E-state index is 6.10. The summed E-state index contributed by atoms with van der Waals surface area (Å²) >= 11 is 15.7. The van der Waals surface area contributed by atoms with Gasteiger partial charge in [0.25, 0.3) is 0 Å². The summed E-state index contributed by atoms with van der Waals surface area (Å²) in [6.07, 6.45) is 0. The monoisotopic (exact) mass is 515 g/mol. The summed E-state index contributed by atoms with van der Waals surface area (Å²) in [5.74, 6) is 1.31. The number of halogens is 3. The first kappa shape index (κ1) is 21.8. The maximum Gasteiger partial charge on any atom is 0.162 e. The Hall–Kier alpha value is -2.40. The average molecular weight is 517 g/mol. The minimum absolute atomic E-state index is 0.354. The average Bonchev–Trinajstić information content (AvgIpc) is 2.79. The normalized spacial score (nSPS) is 10.8. The molecule has 6 heteroatoms. The van der Waals surface area contributed by atoms with E-state index in [1.165, 1.54) is 10.8 Å². The molecule has 0 atom stereocenters. The lowest BCUT2D eigenvalue weighted by Gasteiger charge is -2.16. The third kappa shape index (κ3) is 5.09. The molecule has 0 saturated heterocycles. The lowest BCUT2D eigenvalue weighted by Crippen LogP contribution is -2.03. The summed E-state index contributed by atoms with van der Waals surface area (Å²) in [4.78, 5) is 0. The van der Waals surface area contributed by atoms with Crippen LogP contribution in [0.25, 0.3) is 10.8 Å². The van der Waals surface area contributed by atoms with Gasteiger partial charge >= 0.3 is 0 Å². The van der Waals surface area contributed by atoms with Gasteiger partial charge in [-0.25, -0.2) is 0 Å². The van der Waals surface area contributed by atoms with Crippen molar-refractivity contribution in [1.82, 2.24) is 0 Å². The summed E-state index contributed by atoms with van der Waals surface area (Å²) in [7, 11) is 1.64. The molecule has 0 aliphatic rings. The van der Waals surface area contributed by atoms with Gasteiger partial charge in [-0.05, 0) is 46.8 Å². The van der Waals surface area contributed by atoms with Crippen LogP contribution in [0.3, 0.4) is 0 Å². The van der Waals surface area contributed by atoms with Gasteiger partial charge in [-0.2, -0.15) is 0 Å². The summed E-state index contributed by atoms with van der Waals surface area (Å²) in [6.45, 7) is 0.991. The Balaban J connectivity index is 1.51. The minimum Gasteiger partial charge on any atom is -0.493 e. The predicted octanol–water partition coefficient (Wildman–Crippen LogP) is 8.11. The van der Waals surface area contributed by atoms with Gasteiger partial charge in [0.2, 0.25) is 0 Å². The smallest absolute Gasteiger partial charge is 0.162 e. The molecule has 4 aromatic rings. The lowest BCUT2D eigenvalue weighted by molar-refractivity contribution is 0.284. The number of anilines is 1. The van der Waals surface area contributed by atoms with Crippen molar-refractivity contribution < 1.29 is 9.47 Å². The fourth-order valence-electron chi connectivity index (χ4n) is 3.35. The third-order valence-electron chi connectivity index (χ3n) is 4.97. The van der Waals surface area contributed by atoms with Crippen LogP contribution in [0, 0.1) is 0 Å². The molecular formula is C25H20BrCl2NO2. The molecule has 4 aromatic carbocycles. The highest BCUT2D eigenvalue weighted by Gasteiger charge is 2.12. The van der Waals surface area contributed by atoms with Crippen molar-refractivity contribution in [3.05, 3.63) is 98.4 Å². The highest BCUT2D eigenvalue weighted by molar-refractivity contribution is 9.10. The molecule has 0 unspecified atom stereocenters. The Kier molecular flexibility index (Phi) is 6.91. The summed E-state index contributed by atoms with van der Waals surface area (Å²) in [5.41, 5.74) is 3.07. The van der Waals surface area contributed by atoms with Crippen molar-refractivity contribution in [2.75, 3.05) is 12.4 Å². The Morgan fingerprint density at radius 1 is 0.871 bits per heavy atom. The van der Waals surface area contributed by atoms with E-state index in [4.69, 9.17) is 32.7 Å². The van der Waals surface area contributed by atoms with Crippen molar-refractivity contribution in [1.29, 1.82) is 0 Å². The fraction of sp³-hybridized carbons (Fsp3) is 0.120. The largest absolute Gasteiger partial charge is 0.493 e. The summed E-state index contributed by atoms with van der Waals surface area (Å²) in [6, 6.07) is 23.9. The van der Waals surface area contributed by atoms with Crippen LogP contribution in [0.1, 0.15) is 11.1 Å². The zero-order valence-electron chi connectivity index (χ0n) is 16.8. The molecule has 31 heavy (non-hydrogen) atoms. The molecule has 0 spiro atoms. The van der Waals surface area contributed by atoms with E-state index in [0.717, 1.165) is 21.3 Å². The van der Waals surface area contributed by atoms with Crippen LogP contribution in [0.4, 0.5) is 5.69 Å². The summed E-state index contributed by atoms with van der Waals surface area (Å²) < 4.78 is 12.5. The molecule has 0 amide bonds. The number of nitrogens with one attached hydrogen (secondary N) is 1. The first-order chi connectivity index (χ1) is 15.0. The van der Waals surface area contributed by atoms with Crippen molar-refractivity contribution in [2.24, 2.45) is 0 Å². The topological polar surface area (TPSA) is 30.5 Å². The van der Waals surface area contributed by atoms with E-state index in [9.17, 15) is 0 Å². The lowest BCUT2D eigenvalue weighted by atomic mass is 10.1. The molecule has 0 aromatic heterocycles. The van der Waals surface area contributed by atoms with Crippen LogP contribution < -0.4 is 14.8 Å². The van der Waals surface area contributed by atoms with E-state index in [-0.39, 0.29) is 0 Å². The van der Waals surface area contributed by atoms with Crippen LogP contribution in [0.2, 0.25) is 10.0 Å². The number of ether oxygens (including phenoxy) is 2. The van der Waals surface area contributed by atoms with E-state index in [2.05, 4.69) is 51.6 Å². The second kappa shape index (κ2) is 9.82. The van der Waals surface area contributed by atoms with Gasteiger partial charge in [-0.1, -0.05) is 81.6 Å². The van der Waals surface area contributed by atoms with Crippen molar-refractivity contribution in [2.45, 2.75) is 13.2 Å². The number of rotatable bonds is 7. The first-order valence-electron chi connectivity index (χ1n) is 9.70. The van der Waals surface area contributed by atoms with Crippen molar-refractivity contribution >= 4 is 55.6 Å². The Morgan fingerprint density at radius 3 is 2.48 bits per heavy atom. The number of hydrogen-bond donors (Lipinski definition) is 1. The molecule has 0 fully saturated rings. The molecule has 0 radical (unpaired) electrons. The van der Waals surface area contributed by atoms with Crippen LogP contribution >= 0.6 is 39.1 Å². The zero-order valence-corrected chi connectivity index (χ0v) is 19.9. The number of benzene rings is 4. The molecule has 0 aliphatic carbocycles. The van der Waals surface area contributed by atoms with Gasteiger partial charge in [0.05, 0.1) is 17.2 Å². The zero-order chi connectivity index (χ0) is 21.8.